The first-order valence-electron chi connectivity index (χ1n) is 7.52. The van der Waals surface area contributed by atoms with Gasteiger partial charge in [-0.05, 0) is 38.4 Å². The molecule has 1 atom stereocenters. The van der Waals surface area contributed by atoms with Gasteiger partial charge in [0.2, 0.25) is 0 Å². The molecule has 0 amide bonds. The molecule has 3 nitrogen and oxygen atoms in total. The lowest BCUT2D eigenvalue weighted by Crippen LogP contribution is -2.46. The monoisotopic (exact) mass is 280 g/mol. The van der Waals surface area contributed by atoms with Gasteiger partial charge in [0.05, 0.1) is 7.11 Å². The zero-order chi connectivity index (χ0) is 14.4. The molecule has 112 valence electrons. The molecule has 1 aromatic carbocycles. The Bertz CT molecular complexity index is 419. The molecule has 0 saturated carbocycles. The average molecular weight is 280 g/mol. The van der Waals surface area contributed by atoms with Gasteiger partial charge in [-0.25, -0.2) is 4.39 Å². The van der Waals surface area contributed by atoms with E-state index in [4.69, 9.17) is 4.74 Å². The van der Waals surface area contributed by atoms with Crippen LogP contribution in [0.4, 0.5) is 4.39 Å². The molecule has 4 heteroatoms. The van der Waals surface area contributed by atoms with Crippen molar-refractivity contribution in [2.45, 2.75) is 38.8 Å². The molecule has 1 aliphatic rings. The number of benzene rings is 1. The van der Waals surface area contributed by atoms with Crippen LogP contribution in [-0.4, -0.2) is 37.7 Å². The van der Waals surface area contributed by atoms with E-state index in [1.54, 1.807) is 6.07 Å². The number of piperidine rings is 1. The third-order valence-electron chi connectivity index (χ3n) is 3.93. The van der Waals surface area contributed by atoms with Crippen LogP contribution in [0.15, 0.2) is 18.2 Å². The zero-order valence-electron chi connectivity index (χ0n) is 12.5. The van der Waals surface area contributed by atoms with Crippen LogP contribution in [0, 0.1) is 5.82 Å². The van der Waals surface area contributed by atoms with E-state index < -0.39 is 0 Å². The smallest absolute Gasteiger partial charge is 0.169 e. The fraction of sp³-hybridized carbons (Fsp3) is 0.625. The summed E-state index contributed by atoms with van der Waals surface area (Å²) in [6.07, 6.45) is 3.48. The Labute approximate surface area is 121 Å². The molecule has 0 bridgehead atoms. The predicted molar refractivity (Wildman–Crippen MR) is 79.5 cm³/mol. The predicted octanol–water partition coefficient (Wildman–Crippen LogP) is 2.80. The highest BCUT2D eigenvalue weighted by Gasteiger charge is 2.22. The molecule has 1 heterocycles. The minimum absolute atomic E-state index is 0.222. The van der Waals surface area contributed by atoms with Crippen LogP contribution in [-0.2, 0) is 6.54 Å². The Morgan fingerprint density at radius 3 is 2.95 bits per heavy atom. The fourth-order valence-corrected chi connectivity index (χ4v) is 2.88. The molecule has 1 fully saturated rings. The average Bonchev–Trinajstić information content (AvgIpc) is 2.49. The molecule has 2 rings (SSSR count). The van der Waals surface area contributed by atoms with Crippen molar-refractivity contribution in [1.29, 1.82) is 0 Å². The van der Waals surface area contributed by atoms with Crippen LogP contribution < -0.4 is 10.1 Å². The van der Waals surface area contributed by atoms with Crippen LogP contribution in [0.5, 0.6) is 5.75 Å². The van der Waals surface area contributed by atoms with Gasteiger partial charge in [0.25, 0.3) is 0 Å². The summed E-state index contributed by atoms with van der Waals surface area (Å²) in [5, 5.41) is 3.44. The number of halogens is 1. The third-order valence-corrected chi connectivity index (χ3v) is 3.93. The molecule has 0 aromatic heterocycles. The first kappa shape index (κ1) is 15.3. The van der Waals surface area contributed by atoms with Gasteiger partial charge >= 0.3 is 0 Å². The number of rotatable bonds is 6. The van der Waals surface area contributed by atoms with Gasteiger partial charge < -0.3 is 10.1 Å². The molecule has 1 unspecified atom stereocenters. The first-order valence-corrected chi connectivity index (χ1v) is 7.52. The van der Waals surface area contributed by atoms with E-state index in [-0.39, 0.29) is 5.82 Å². The van der Waals surface area contributed by atoms with Crippen molar-refractivity contribution >= 4 is 0 Å². The highest BCUT2D eigenvalue weighted by molar-refractivity contribution is 5.31. The Kier molecular flexibility index (Phi) is 5.80. The van der Waals surface area contributed by atoms with Crippen LogP contribution in [0.1, 0.15) is 31.7 Å². The van der Waals surface area contributed by atoms with E-state index in [0.717, 1.165) is 31.6 Å². The maximum atomic E-state index is 14.3. The van der Waals surface area contributed by atoms with Gasteiger partial charge in [0.15, 0.2) is 11.6 Å². The summed E-state index contributed by atoms with van der Waals surface area (Å²) in [4.78, 5) is 2.39. The van der Waals surface area contributed by atoms with E-state index in [9.17, 15) is 4.39 Å². The molecule has 20 heavy (non-hydrogen) atoms. The third kappa shape index (κ3) is 3.70. The Morgan fingerprint density at radius 2 is 2.30 bits per heavy atom. The Balaban J connectivity index is 2.10. The first-order chi connectivity index (χ1) is 9.76. The van der Waals surface area contributed by atoms with Crippen molar-refractivity contribution in [1.82, 2.24) is 10.2 Å². The summed E-state index contributed by atoms with van der Waals surface area (Å²) in [5.41, 5.74) is 0.725. The molecule has 0 spiro atoms. The second kappa shape index (κ2) is 7.60. The molecule has 1 aliphatic heterocycles. The van der Waals surface area contributed by atoms with Gasteiger partial charge in [0.1, 0.15) is 0 Å². The fourth-order valence-electron chi connectivity index (χ4n) is 2.88. The number of nitrogens with zero attached hydrogens (tertiary/aromatic N) is 1. The quantitative estimate of drug-likeness (QED) is 0.867. The van der Waals surface area contributed by atoms with Crippen LogP contribution in [0.3, 0.4) is 0 Å². The number of ether oxygens (including phenoxy) is 1. The molecule has 1 saturated heterocycles. The van der Waals surface area contributed by atoms with E-state index in [0.29, 0.717) is 18.3 Å². The van der Waals surface area contributed by atoms with E-state index >= 15 is 0 Å². The summed E-state index contributed by atoms with van der Waals surface area (Å²) in [6, 6.07) is 5.90. The van der Waals surface area contributed by atoms with E-state index in [1.165, 1.54) is 20.0 Å². The van der Waals surface area contributed by atoms with Gasteiger partial charge in [0, 0.05) is 24.7 Å². The standard InChI is InChI=1S/C16H25FN2O/c1-3-10-19(14-7-5-9-18-11-14)12-13-6-4-8-15(20-2)16(13)17/h4,6,8,14,18H,3,5,7,9-12H2,1-2H3. The topological polar surface area (TPSA) is 24.5 Å². The zero-order valence-corrected chi connectivity index (χ0v) is 12.5. The Morgan fingerprint density at radius 1 is 1.45 bits per heavy atom. The lowest BCUT2D eigenvalue weighted by Gasteiger charge is -2.34. The maximum Gasteiger partial charge on any atom is 0.169 e. The minimum atomic E-state index is -0.222. The number of hydrogen-bond acceptors (Lipinski definition) is 3. The van der Waals surface area contributed by atoms with Gasteiger partial charge in [-0.15, -0.1) is 0 Å². The normalized spacial score (nSPS) is 19.3. The highest BCUT2D eigenvalue weighted by atomic mass is 19.1. The summed E-state index contributed by atoms with van der Waals surface area (Å²) in [6.45, 7) is 5.94. The maximum absolute atomic E-state index is 14.3. The molecule has 0 aliphatic carbocycles. The summed E-state index contributed by atoms with van der Waals surface area (Å²) >= 11 is 0. The van der Waals surface area contributed by atoms with Crippen molar-refractivity contribution in [2.75, 3.05) is 26.7 Å². The lowest BCUT2D eigenvalue weighted by atomic mass is 10.0. The molecule has 1 N–H and O–H groups in total. The van der Waals surface area contributed by atoms with Crippen molar-refractivity contribution in [3.63, 3.8) is 0 Å². The van der Waals surface area contributed by atoms with Crippen LogP contribution >= 0.6 is 0 Å². The van der Waals surface area contributed by atoms with Crippen molar-refractivity contribution in [3.05, 3.63) is 29.6 Å². The number of methoxy groups -OCH3 is 1. The van der Waals surface area contributed by atoms with Crippen molar-refractivity contribution in [3.8, 4) is 5.75 Å². The van der Waals surface area contributed by atoms with Gasteiger partial charge in [-0.3, -0.25) is 4.90 Å². The SMILES string of the molecule is CCCN(Cc1cccc(OC)c1F)C1CCCNC1. The molecular formula is C16H25FN2O. The molecule has 1 aromatic rings. The Hall–Kier alpha value is -1.13. The second-order valence-corrected chi connectivity index (χ2v) is 5.40. The van der Waals surface area contributed by atoms with E-state index in [2.05, 4.69) is 17.1 Å². The number of nitrogens with one attached hydrogen (secondary N) is 1. The van der Waals surface area contributed by atoms with Crippen LogP contribution in [0.2, 0.25) is 0 Å². The highest BCUT2D eigenvalue weighted by Crippen LogP contribution is 2.23. The van der Waals surface area contributed by atoms with Gasteiger partial charge in [-0.2, -0.15) is 0 Å². The summed E-state index contributed by atoms with van der Waals surface area (Å²) < 4.78 is 19.3. The summed E-state index contributed by atoms with van der Waals surface area (Å²) in [7, 11) is 1.51. The molecular weight excluding hydrogens is 255 g/mol. The largest absolute Gasteiger partial charge is 0.494 e. The van der Waals surface area contributed by atoms with Crippen molar-refractivity contribution < 1.29 is 9.13 Å². The van der Waals surface area contributed by atoms with Crippen molar-refractivity contribution in [2.24, 2.45) is 0 Å². The van der Waals surface area contributed by atoms with E-state index in [1.807, 2.05) is 12.1 Å². The van der Waals surface area contributed by atoms with Crippen LogP contribution in [0.25, 0.3) is 0 Å². The minimum Gasteiger partial charge on any atom is -0.494 e. The second-order valence-electron chi connectivity index (χ2n) is 5.40. The van der Waals surface area contributed by atoms with Gasteiger partial charge in [-0.1, -0.05) is 19.1 Å². The summed E-state index contributed by atoms with van der Waals surface area (Å²) in [5.74, 6) is 0.112. The molecule has 0 radical (unpaired) electrons. The number of hydrogen-bond donors (Lipinski definition) is 1. The lowest BCUT2D eigenvalue weighted by molar-refractivity contribution is 0.156.